The average molecular weight is 356 g/mol. The summed E-state index contributed by atoms with van der Waals surface area (Å²) in [5, 5.41) is 0.514. The minimum atomic E-state index is -0.889. The van der Waals surface area contributed by atoms with Crippen molar-refractivity contribution in [2.24, 2.45) is 0 Å². The molecule has 0 saturated heterocycles. The van der Waals surface area contributed by atoms with E-state index in [0.29, 0.717) is 16.1 Å². The molecule has 1 atom stereocenters. The van der Waals surface area contributed by atoms with Crippen LogP contribution in [0.15, 0.2) is 66.7 Å². The lowest BCUT2D eigenvalue weighted by Gasteiger charge is -2.30. The van der Waals surface area contributed by atoms with Crippen LogP contribution in [0.5, 0.6) is 0 Å². The van der Waals surface area contributed by atoms with E-state index in [4.69, 9.17) is 11.6 Å². The van der Waals surface area contributed by atoms with Crippen molar-refractivity contribution in [2.45, 2.75) is 19.9 Å². The van der Waals surface area contributed by atoms with Gasteiger partial charge in [0, 0.05) is 23.1 Å². The van der Waals surface area contributed by atoms with Gasteiger partial charge in [0.05, 0.1) is 6.04 Å². The van der Waals surface area contributed by atoms with Gasteiger partial charge < -0.3 is 0 Å². The molecule has 2 rings (SSSR count). The summed E-state index contributed by atoms with van der Waals surface area (Å²) in [6.07, 6.45) is 0. The number of amides is 2. The molecule has 5 heteroatoms. The number of halogens is 1. The molecule has 0 spiro atoms. The van der Waals surface area contributed by atoms with E-state index in [2.05, 4.69) is 6.58 Å². The fourth-order valence-electron chi connectivity index (χ4n) is 2.51. The van der Waals surface area contributed by atoms with Gasteiger partial charge in [0.25, 0.3) is 5.91 Å². The molecule has 0 N–H and O–H groups in total. The molecule has 0 radical (unpaired) electrons. The zero-order valence-electron chi connectivity index (χ0n) is 14.0. The van der Waals surface area contributed by atoms with Crippen molar-refractivity contribution in [1.29, 1.82) is 0 Å². The van der Waals surface area contributed by atoms with Crippen LogP contribution in [-0.4, -0.2) is 22.5 Å². The molecule has 0 aliphatic rings. The van der Waals surface area contributed by atoms with E-state index < -0.39 is 17.9 Å². The highest BCUT2D eigenvalue weighted by Crippen LogP contribution is 2.30. The van der Waals surface area contributed by atoms with Gasteiger partial charge in [-0.3, -0.25) is 19.3 Å². The maximum Gasteiger partial charge on any atom is 0.261 e. The molecule has 1 unspecified atom stereocenters. The van der Waals surface area contributed by atoms with Gasteiger partial charge in [0.15, 0.2) is 5.78 Å². The van der Waals surface area contributed by atoms with Crippen molar-refractivity contribution in [2.75, 3.05) is 0 Å². The van der Waals surface area contributed by atoms with Crippen molar-refractivity contribution in [3.8, 4) is 0 Å². The molecular formula is C20H18ClNO3. The maximum absolute atomic E-state index is 12.9. The first-order valence-electron chi connectivity index (χ1n) is 7.67. The van der Waals surface area contributed by atoms with Crippen LogP contribution in [0, 0.1) is 0 Å². The Balaban J connectivity index is 2.56. The van der Waals surface area contributed by atoms with Crippen LogP contribution < -0.4 is 0 Å². The number of hydrogen-bond donors (Lipinski definition) is 0. The highest BCUT2D eigenvalue weighted by molar-refractivity contribution is 6.30. The molecular weight excluding hydrogens is 338 g/mol. The topological polar surface area (TPSA) is 54.5 Å². The summed E-state index contributed by atoms with van der Waals surface area (Å²) in [4.78, 5) is 38.2. The number of carbonyl (C=O) groups is 3. The summed E-state index contributed by atoms with van der Waals surface area (Å²) in [5.74, 6) is -1.27. The number of nitrogens with zero attached hydrogens (tertiary/aromatic N) is 1. The minimum absolute atomic E-state index is 0.154. The van der Waals surface area contributed by atoms with Gasteiger partial charge in [-0.05, 0) is 36.8 Å². The molecule has 2 amide bonds. The zero-order valence-corrected chi connectivity index (χ0v) is 14.8. The molecule has 2 aromatic carbocycles. The van der Waals surface area contributed by atoms with Crippen molar-refractivity contribution in [3.63, 3.8) is 0 Å². The summed E-state index contributed by atoms with van der Waals surface area (Å²) in [5.41, 5.74) is 1.10. The first kappa shape index (κ1) is 18.6. The van der Waals surface area contributed by atoms with E-state index in [-0.39, 0.29) is 11.4 Å². The van der Waals surface area contributed by atoms with E-state index in [1.807, 2.05) is 0 Å². The molecule has 0 bridgehead atoms. The van der Waals surface area contributed by atoms with Crippen LogP contribution >= 0.6 is 11.6 Å². The predicted octanol–water partition coefficient (Wildman–Crippen LogP) is 4.22. The van der Waals surface area contributed by atoms with Gasteiger partial charge >= 0.3 is 0 Å². The summed E-state index contributed by atoms with van der Waals surface area (Å²) in [7, 11) is 0. The van der Waals surface area contributed by atoms with Crippen LogP contribution in [0.4, 0.5) is 0 Å². The Morgan fingerprint density at radius 3 is 2.00 bits per heavy atom. The van der Waals surface area contributed by atoms with Crippen molar-refractivity contribution in [1.82, 2.24) is 4.90 Å². The second-order valence-corrected chi connectivity index (χ2v) is 6.03. The molecule has 0 aromatic heterocycles. The fourth-order valence-corrected chi connectivity index (χ4v) is 2.63. The molecule has 0 aliphatic carbocycles. The SMILES string of the molecule is C=C(C(C)=O)C(c1ccc(Cl)cc1)N(C(C)=O)C(=O)c1ccccc1. The Bertz CT molecular complexity index is 813. The maximum atomic E-state index is 12.9. The van der Waals surface area contributed by atoms with E-state index in [9.17, 15) is 14.4 Å². The largest absolute Gasteiger partial charge is 0.295 e. The van der Waals surface area contributed by atoms with Gasteiger partial charge in [-0.1, -0.05) is 48.5 Å². The van der Waals surface area contributed by atoms with Crippen molar-refractivity contribution in [3.05, 3.63) is 82.9 Å². The number of rotatable bonds is 5. The molecule has 4 nitrogen and oxygen atoms in total. The highest BCUT2D eigenvalue weighted by Gasteiger charge is 2.33. The fraction of sp³-hybridized carbons (Fsp3) is 0.150. The predicted molar refractivity (Wildman–Crippen MR) is 97.3 cm³/mol. The second-order valence-electron chi connectivity index (χ2n) is 5.60. The monoisotopic (exact) mass is 355 g/mol. The van der Waals surface area contributed by atoms with Gasteiger partial charge in [-0.15, -0.1) is 0 Å². The molecule has 0 aliphatic heterocycles. The number of Topliss-reactive ketones (excluding diaryl/α,β-unsaturated/α-hetero) is 1. The first-order chi connectivity index (χ1) is 11.8. The third-order valence-electron chi connectivity index (χ3n) is 3.81. The number of benzene rings is 2. The van der Waals surface area contributed by atoms with Crippen LogP contribution in [-0.2, 0) is 9.59 Å². The van der Waals surface area contributed by atoms with Crippen LogP contribution in [0.1, 0.15) is 35.8 Å². The van der Waals surface area contributed by atoms with E-state index in [1.165, 1.54) is 13.8 Å². The Morgan fingerprint density at radius 1 is 0.960 bits per heavy atom. The van der Waals surface area contributed by atoms with E-state index in [0.717, 1.165) is 4.90 Å². The molecule has 25 heavy (non-hydrogen) atoms. The van der Waals surface area contributed by atoms with E-state index in [1.54, 1.807) is 54.6 Å². The van der Waals surface area contributed by atoms with Gasteiger partial charge in [-0.25, -0.2) is 0 Å². The summed E-state index contributed by atoms with van der Waals surface area (Å²) < 4.78 is 0. The summed E-state index contributed by atoms with van der Waals surface area (Å²) >= 11 is 5.92. The van der Waals surface area contributed by atoms with Crippen LogP contribution in [0.2, 0.25) is 5.02 Å². The third-order valence-corrected chi connectivity index (χ3v) is 4.06. The standard InChI is InChI=1S/C20H18ClNO3/c1-13(14(2)23)19(16-9-11-18(21)12-10-16)22(15(3)24)20(25)17-7-5-4-6-8-17/h4-12,19H,1H2,2-3H3. The minimum Gasteiger partial charge on any atom is -0.295 e. The lowest BCUT2D eigenvalue weighted by atomic mass is 9.94. The molecule has 128 valence electrons. The smallest absolute Gasteiger partial charge is 0.261 e. The van der Waals surface area contributed by atoms with E-state index >= 15 is 0 Å². The number of ketones is 1. The van der Waals surface area contributed by atoms with Crippen molar-refractivity contribution >= 4 is 29.2 Å². The van der Waals surface area contributed by atoms with Crippen LogP contribution in [0.3, 0.4) is 0 Å². The lowest BCUT2D eigenvalue weighted by molar-refractivity contribution is -0.127. The third kappa shape index (κ3) is 4.22. The second kappa shape index (κ2) is 7.90. The average Bonchev–Trinajstić information content (AvgIpc) is 2.60. The molecule has 0 heterocycles. The number of hydrogen-bond acceptors (Lipinski definition) is 3. The highest BCUT2D eigenvalue weighted by atomic mass is 35.5. The van der Waals surface area contributed by atoms with Crippen LogP contribution in [0.25, 0.3) is 0 Å². The van der Waals surface area contributed by atoms with Gasteiger partial charge in [-0.2, -0.15) is 0 Å². The molecule has 2 aromatic rings. The Morgan fingerprint density at radius 2 is 1.52 bits per heavy atom. The Kier molecular flexibility index (Phi) is 5.88. The van der Waals surface area contributed by atoms with Crippen molar-refractivity contribution < 1.29 is 14.4 Å². The quantitative estimate of drug-likeness (QED) is 0.755. The van der Waals surface area contributed by atoms with Gasteiger partial charge in [0.1, 0.15) is 0 Å². The number of imide groups is 1. The first-order valence-corrected chi connectivity index (χ1v) is 8.05. The molecule has 0 fully saturated rings. The molecule has 0 saturated carbocycles. The Labute approximate surface area is 151 Å². The Hall–Kier alpha value is -2.72. The summed E-state index contributed by atoms with van der Waals surface area (Å²) in [6.45, 7) is 6.45. The normalized spacial score (nSPS) is 11.5. The number of carbonyl (C=O) groups excluding carboxylic acids is 3. The lowest BCUT2D eigenvalue weighted by Crippen LogP contribution is -2.40. The summed E-state index contributed by atoms with van der Waals surface area (Å²) in [6, 6.07) is 14.2. The zero-order chi connectivity index (χ0) is 18.6. The van der Waals surface area contributed by atoms with Gasteiger partial charge in [0.2, 0.25) is 5.91 Å².